The lowest BCUT2D eigenvalue weighted by Crippen LogP contribution is -2.18. The van der Waals surface area contributed by atoms with Crippen LogP contribution in [0.25, 0.3) is 10.9 Å². The first-order valence-corrected chi connectivity index (χ1v) is 7.11. The van der Waals surface area contributed by atoms with Gasteiger partial charge in [0.1, 0.15) is 0 Å². The number of rotatable bonds is 4. The summed E-state index contributed by atoms with van der Waals surface area (Å²) < 4.78 is 0. The minimum atomic E-state index is -1.26. The van der Waals surface area contributed by atoms with E-state index in [1.807, 2.05) is 26.0 Å². The molecule has 1 aromatic heterocycles. The Labute approximate surface area is 137 Å². The Hall–Kier alpha value is -2.38. The first-order chi connectivity index (χ1) is 10.7. The van der Waals surface area contributed by atoms with E-state index in [0.717, 1.165) is 33.6 Å². The Morgan fingerprint density at radius 2 is 1.91 bits per heavy atom. The molecule has 2 aromatic rings. The first-order valence-electron chi connectivity index (χ1n) is 6.74. The molecule has 0 saturated heterocycles. The van der Waals surface area contributed by atoms with E-state index in [-0.39, 0.29) is 6.04 Å². The molecule has 0 saturated carbocycles. The van der Waals surface area contributed by atoms with Crippen LogP contribution in [0.4, 0.5) is 0 Å². The van der Waals surface area contributed by atoms with Gasteiger partial charge in [-0.1, -0.05) is 11.6 Å². The Bertz CT molecular complexity index is 722. The number of benzene rings is 1. The Morgan fingerprint density at radius 1 is 1.35 bits per heavy atom. The van der Waals surface area contributed by atoms with Gasteiger partial charge in [0.05, 0.1) is 11.2 Å². The third-order valence-corrected chi connectivity index (χ3v) is 3.29. The van der Waals surface area contributed by atoms with Crippen LogP contribution >= 0.6 is 11.6 Å². The maximum atomic E-state index is 9.55. The molecule has 2 rings (SSSR count). The summed E-state index contributed by atoms with van der Waals surface area (Å²) in [5.41, 5.74) is 8.86. The Morgan fingerprint density at radius 3 is 2.39 bits per heavy atom. The number of aromatic nitrogens is 2. The van der Waals surface area contributed by atoms with Crippen molar-refractivity contribution >= 4 is 34.4 Å². The molecule has 0 spiro atoms. The lowest BCUT2D eigenvalue weighted by molar-refractivity contribution is -0.134. The summed E-state index contributed by atoms with van der Waals surface area (Å²) in [5, 5.41) is 24.8. The van der Waals surface area contributed by atoms with Crippen molar-refractivity contribution in [3.63, 3.8) is 0 Å². The zero-order valence-electron chi connectivity index (χ0n) is 12.7. The third-order valence-electron chi connectivity index (χ3n) is 2.88. The van der Waals surface area contributed by atoms with Gasteiger partial charge in [-0.05, 0) is 31.5 Å². The molecule has 0 amide bonds. The molecular formula is C15H18ClN3O4. The molecule has 5 N–H and O–H groups in total. The SMILES string of the molecule is Cc1c(Cl)ccc2[nH]nc(CC(C)N)c12.O=C(O)/C=C/C(=O)O. The molecule has 1 aromatic carbocycles. The lowest BCUT2D eigenvalue weighted by Gasteiger charge is -2.04. The number of carboxylic acids is 2. The fraction of sp³-hybridized carbons (Fsp3) is 0.267. The van der Waals surface area contributed by atoms with Crippen LogP contribution in [-0.4, -0.2) is 38.4 Å². The number of hydrogen-bond donors (Lipinski definition) is 4. The number of H-pyrrole nitrogens is 1. The van der Waals surface area contributed by atoms with Crippen molar-refractivity contribution < 1.29 is 19.8 Å². The molecule has 23 heavy (non-hydrogen) atoms. The zero-order valence-corrected chi connectivity index (χ0v) is 13.5. The molecule has 1 unspecified atom stereocenters. The average molecular weight is 340 g/mol. The first kappa shape index (κ1) is 18.7. The van der Waals surface area contributed by atoms with Crippen molar-refractivity contribution in [1.82, 2.24) is 10.2 Å². The van der Waals surface area contributed by atoms with E-state index in [4.69, 9.17) is 27.5 Å². The highest BCUT2D eigenvalue weighted by Crippen LogP contribution is 2.26. The number of fused-ring (bicyclic) bond motifs is 1. The molecule has 0 bridgehead atoms. The summed E-state index contributed by atoms with van der Waals surface area (Å²) in [7, 11) is 0. The number of nitrogens with zero attached hydrogens (tertiary/aromatic N) is 1. The van der Waals surface area contributed by atoms with E-state index in [0.29, 0.717) is 12.2 Å². The predicted octanol–water partition coefficient (Wildman–Crippen LogP) is 2.13. The smallest absolute Gasteiger partial charge is 0.328 e. The second-order valence-corrected chi connectivity index (χ2v) is 5.36. The van der Waals surface area contributed by atoms with Crippen LogP contribution in [0.3, 0.4) is 0 Å². The summed E-state index contributed by atoms with van der Waals surface area (Å²) in [6, 6.07) is 3.94. The molecule has 124 valence electrons. The van der Waals surface area contributed by atoms with Crippen LogP contribution in [0.2, 0.25) is 5.02 Å². The molecule has 1 heterocycles. The number of aryl methyl sites for hydroxylation is 1. The van der Waals surface area contributed by atoms with Gasteiger partial charge < -0.3 is 15.9 Å². The number of nitrogens with two attached hydrogens (primary N) is 1. The highest BCUT2D eigenvalue weighted by molar-refractivity contribution is 6.32. The van der Waals surface area contributed by atoms with Crippen molar-refractivity contribution in [3.05, 3.63) is 40.6 Å². The lowest BCUT2D eigenvalue weighted by atomic mass is 10.1. The van der Waals surface area contributed by atoms with Crippen LogP contribution < -0.4 is 5.73 Å². The molecule has 7 nitrogen and oxygen atoms in total. The van der Waals surface area contributed by atoms with E-state index in [2.05, 4.69) is 10.2 Å². The van der Waals surface area contributed by atoms with Crippen LogP contribution in [0.5, 0.6) is 0 Å². The average Bonchev–Trinajstić information content (AvgIpc) is 2.84. The van der Waals surface area contributed by atoms with Crippen molar-refractivity contribution in [3.8, 4) is 0 Å². The van der Waals surface area contributed by atoms with Gasteiger partial charge >= 0.3 is 11.9 Å². The molecule has 0 fully saturated rings. The number of aliphatic carboxylic acids is 2. The number of hydrogen-bond acceptors (Lipinski definition) is 4. The number of aromatic amines is 1. The van der Waals surface area contributed by atoms with Gasteiger partial charge in [-0.2, -0.15) is 5.10 Å². The Balaban J connectivity index is 0.000000284. The van der Waals surface area contributed by atoms with E-state index < -0.39 is 11.9 Å². The van der Waals surface area contributed by atoms with E-state index >= 15 is 0 Å². The molecule has 8 heteroatoms. The maximum Gasteiger partial charge on any atom is 0.328 e. The second kappa shape index (κ2) is 8.30. The number of carbonyl (C=O) groups is 2. The standard InChI is InChI=1S/C11H14ClN3.C4H4O4/c1-6(13)5-10-11-7(2)8(12)3-4-9(11)14-15-10;5-3(6)1-2-4(7)8/h3-4,6H,5,13H2,1-2H3,(H,14,15);1-2H,(H,5,6)(H,7,8)/b;2-1+. The fourth-order valence-electron chi connectivity index (χ4n) is 1.93. The van der Waals surface area contributed by atoms with Gasteiger partial charge in [0, 0.05) is 35.0 Å². The minimum absolute atomic E-state index is 0.106. The van der Waals surface area contributed by atoms with Gasteiger partial charge in [-0.25, -0.2) is 9.59 Å². The van der Waals surface area contributed by atoms with Gasteiger partial charge in [-0.15, -0.1) is 0 Å². The predicted molar refractivity (Wildman–Crippen MR) is 87.6 cm³/mol. The summed E-state index contributed by atoms with van der Waals surface area (Å²) in [6.07, 6.45) is 1.88. The van der Waals surface area contributed by atoms with Crippen LogP contribution in [0.15, 0.2) is 24.3 Å². The molecule has 1 atom stereocenters. The summed E-state index contributed by atoms with van der Waals surface area (Å²) >= 11 is 6.08. The maximum absolute atomic E-state index is 9.55. The number of nitrogens with one attached hydrogen (secondary N) is 1. The molecule has 0 aliphatic heterocycles. The van der Waals surface area contributed by atoms with Gasteiger partial charge in [0.2, 0.25) is 0 Å². The molecule has 0 aliphatic carbocycles. The van der Waals surface area contributed by atoms with Gasteiger partial charge in [0.15, 0.2) is 0 Å². The molecular weight excluding hydrogens is 322 g/mol. The van der Waals surface area contributed by atoms with Crippen LogP contribution in [0, 0.1) is 6.92 Å². The fourth-order valence-corrected chi connectivity index (χ4v) is 2.09. The largest absolute Gasteiger partial charge is 0.478 e. The quantitative estimate of drug-likeness (QED) is 0.631. The summed E-state index contributed by atoms with van der Waals surface area (Å²) in [4.78, 5) is 19.1. The monoisotopic (exact) mass is 339 g/mol. The van der Waals surface area contributed by atoms with Crippen molar-refractivity contribution in [2.24, 2.45) is 5.73 Å². The topological polar surface area (TPSA) is 129 Å². The van der Waals surface area contributed by atoms with Gasteiger partial charge in [-0.3, -0.25) is 5.10 Å². The zero-order chi connectivity index (χ0) is 17.6. The van der Waals surface area contributed by atoms with E-state index in [1.54, 1.807) is 0 Å². The Kier molecular flexibility index (Phi) is 6.74. The van der Waals surface area contributed by atoms with E-state index in [9.17, 15) is 9.59 Å². The number of halogens is 1. The second-order valence-electron chi connectivity index (χ2n) is 4.96. The summed E-state index contributed by atoms with van der Waals surface area (Å²) in [5.74, 6) is -2.51. The van der Waals surface area contributed by atoms with Crippen molar-refractivity contribution in [2.75, 3.05) is 0 Å². The van der Waals surface area contributed by atoms with Gasteiger partial charge in [0.25, 0.3) is 0 Å². The van der Waals surface area contributed by atoms with E-state index in [1.165, 1.54) is 0 Å². The van der Waals surface area contributed by atoms with Crippen molar-refractivity contribution in [1.29, 1.82) is 0 Å². The minimum Gasteiger partial charge on any atom is -0.478 e. The highest BCUT2D eigenvalue weighted by Gasteiger charge is 2.11. The van der Waals surface area contributed by atoms with Crippen molar-refractivity contribution in [2.45, 2.75) is 26.3 Å². The highest BCUT2D eigenvalue weighted by atomic mass is 35.5. The summed E-state index contributed by atoms with van der Waals surface area (Å²) in [6.45, 7) is 3.98. The number of carboxylic acid groups (broad SMARTS) is 2. The van der Waals surface area contributed by atoms with Crippen LogP contribution in [-0.2, 0) is 16.0 Å². The van der Waals surface area contributed by atoms with Crippen LogP contribution in [0.1, 0.15) is 18.2 Å². The molecule has 0 aliphatic rings. The molecule has 0 radical (unpaired) electrons. The third kappa shape index (κ3) is 5.72. The normalized spacial score (nSPS) is 12.0.